The highest BCUT2D eigenvalue weighted by molar-refractivity contribution is 6.29. The second-order valence-corrected chi connectivity index (χ2v) is 3.39. The number of hydrogen-bond donors (Lipinski definition) is 0. The summed E-state index contributed by atoms with van der Waals surface area (Å²) in [4.78, 5) is 17.8. The fourth-order valence-electron chi connectivity index (χ4n) is 1.18. The number of halogens is 1. The standard InChI is InChI=1S/C10H6ClN3O3/c11-9-5-12-6-10(13-9)17-8-4-2-1-3-7(8)14(15)16/h1-6H. The maximum atomic E-state index is 10.7. The minimum absolute atomic E-state index is 0.0917. The molecule has 7 heteroatoms. The molecule has 0 spiro atoms. The van der Waals surface area contributed by atoms with Gasteiger partial charge in [0.15, 0.2) is 5.15 Å². The summed E-state index contributed by atoms with van der Waals surface area (Å²) >= 11 is 5.63. The SMILES string of the molecule is O=[N+]([O-])c1ccccc1Oc1cncc(Cl)n1. The Morgan fingerprint density at radius 3 is 2.76 bits per heavy atom. The molecule has 0 aliphatic carbocycles. The number of para-hydroxylation sites is 2. The van der Waals surface area contributed by atoms with Crippen LogP contribution in [0.5, 0.6) is 11.6 Å². The molecule has 0 aliphatic rings. The molecule has 1 heterocycles. The van der Waals surface area contributed by atoms with Crippen molar-refractivity contribution < 1.29 is 9.66 Å². The van der Waals surface area contributed by atoms with Crippen LogP contribution in [0.3, 0.4) is 0 Å². The largest absolute Gasteiger partial charge is 0.430 e. The second kappa shape index (κ2) is 4.75. The molecule has 0 atom stereocenters. The Morgan fingerprint density at radius 1 is 1.29 bits per heavy atom. The van der Waals surface area contributed by atoms with E-state index in [1.807, 2.05) is 0 Å². The zero-order valence-corrected chi connectivity index (χ0v) is 9.16. The van der Waals surface area contributed by atoms with Crippen molar-refractivity contribution in [1.29, 1.82) is 0 Å². The summed E-state index contributed by atoms with van der Waals surface area (Å²) in [5.74, 6) is 0.195. The Morgan fingerprint density at radius 2 is 2.06 bits per heavy atom. The van der Waals surface area contributed by atoms with E-state index in [2.05, 4.69) is 9.97 Å². The quantitative estimate of drug-likeness (QED) is 0.619. The fraction of sp³-hybridized carbons (Fsp3) is 0. The number of aromatic nitrogens is 2. The van der Waals surface area contributed by atoms with Crippen LogP contribution in [-0.2, 0) is 0 Å². The fourth-order valence-corrected chi connectivity index (χ4v) is 1.32. The van der Waals surface area contributed by atoms with Crippen LogP contribution in [-0.4, -0.2) is 14.9 Å². The van der Waals surface area contributed by atoms with Gasteiger partial charge in [-0.15, -0.1) is 0 Å². The van der Waals surface area contributed by atoms with Gasteiger partial charge in [-0.25, -0.2) is 0 Å². The van der Waals surface area contributed by atoms with Crippen molar-refractivity contribution in [1.82, 2.24) is 9.97 Å². The van der Waals surface area contributed by atoms with E-state index in [0.717, 1.165) is 0 Å². The summed E-state index contributed by atoms with van der Waals surface area (Å²) in [7, 11) is 0. The summed E-state index contributed by atoms with van der Waals surface area (Å²) in [5, 5.41) is 10.9. The predicted octanol–water partition coefficient (Wildman–Crippen LogP) is 2.83. The van der Waals surface area contributed by atoms with Crippen molar-refractivity contribution >= 4 is 17.3 Å². The molecule has 0 N–H and O–H groups in total. The van der Waals surface area contributed by atoms with Crippen molar-refractivity contribution in [3.8, 4) is 11.6 Å². The number of nitro benzene ring substituents is 1. The van der Waals surface area contributed by atoms with Gasteiger partial charge in [-0.2, -0.15) is 4.98 Å². The zero-order chi connectivity index (χ0) is 12.3. The van der Waals surface area contributed by atoms with Crippen molar-refractivity contribution in [3.05, 3.63) is 51.9 Å². The molecule has 0 saturated carbocycles. The number of ether oxygens (including phenoxy) is 1. The van der Waals surface area contributed by atoms with Gasteiger partial charge in [0.1, 0.15) is 0 Å². The van der Waals surface area contributed by atoms with Gasteiger partial charge in [0.2, 0.25) is 11.6 Å². The average Bonchev–Trinajstić information content (AvgIpc) is 2.29. The Labute approximate surface area is 101 Å². The maximum absolute atomic E-state index is 10.7. The number of rotatable bonds is 3. The van der Waals surface area contributed by atoms with Gasteiger partial charge in [-0.1, -0.05) is 23.7 Å². The molecule has 0 aliphatic heterocycles. The molecule has 0 radical (unpaired) electrons. The average molecular weight is 252 g/mol. The Hall–Kier alpha value is -2.21. The van der Waals surface area contributed by atoms with Gasteiger partial charge in [0.05, 0.1) is 17.3 Å². The van der Waals surface area contributed by atoms with Crippen LogP contribution >= 0.6 is 11.6 Å². The first kappa shape index (κ1) is 11.3. The monoisotopic (exact) mass is 251 g/mol. The Balaban J connectivity index is 2.33. The topological polar surface area (TPSA) is 78.2 Å². The normalized spacial score (nSPS) is 9.94. The highest BCUT2D eigenvalue weighted by atomic mass is 35.5. The molecule has 0 bridgehead atoms. The van der Waals surface area contributed by atoms with Crippen LogP contribution in [0.25, 0.3) is 0 Å². The van der Waals surface area contributed by atoms with E-state index >= 15 is 0 Å². The van der Waals surface area contributed by atoms with Gasteiger partial charge < -0.3 is 4.74 Å². The van der Waals surface area contributed by atoms with E-state index < -0.39 is 4.92 Å². The van der Waals surface area contributed by atoms with E-state index in [1.165, 1.54) is 24.5 Å². The van der Waals surface area contributed by atoms with Crippen LogP contribution in [0.15, 0.2) is 36.7 Å². The molecular weight excluding hydrogens is 246 g/mol. The molecule has 0 fully saturated rings. The highest BCUT2D eigenvalue weighted by Gasteiger charge is 2.14. The van der Waals surface area contributed by atoms with E-state index in [4.69, 9.17) is 16.3 Å². The molecule has 1 aromatic heterocycles. The Kier molecular flexibility index (Phi) is 3.15. The first-order valence-electron chi connectivity index (χ1n) is 4.55. The summed E-state index contributed by atoms with van der Waals surface area (Å²) in [6, 6.07) is 5.99. The molecule has 2 aromatic rings. The van der Waals surface area contributed by atoms with E-state index in [0.29, 0.717) is 0 Å². The molecular formula is C10H6ClN3O3. The molecule has 6 nitrogen and oxygen atoms in total. The van der Waals surface area contributed by atoms with Gasteiger partial charge >= 0.3 is 5.69 Å². The predicted molar refractivity (Wildman–Crippen MR) is 60.2 cm³/mol. The number of benzene rings is 1. The van der Waals surface area contributed by atoms with Crippen molar-refractivity contribution in [2.75, 3.05) is 0 Å². The van der Waals surface area contributed by atoms with Crippen molar-refractivity contribution in [2.45, 2.75) is 0 Å². The summed E-state index contributed by atoms with van der Waals surface area (Å²) in [6.07, 6.45) is 2.66. The lowest BCUT2D eigenvalue weighted by Crippen LogP contribution is -1.94. The lowest BCUT2D eigenvalue weighted by atomic mass is 10.3. The number of nitrogens with zero attached hydrogens (tertiary/aromatic N) is 3. The lowest BCUT2D eigenvalue weighted by molar-refractivity contribution is -0.385. The number of nitro groups is 1. The van der Waals surface area contributed by atoms with Crippen LogP contribution in [0, 0.1) is 10.1 Å². The van der Waals surface area contributed by atoms with Gasteiger partial charge in [-0.05, 0) is 6.07 Å². The molecule has 1 aromatic carbocycles. The van der Waals surface area contributed by atoms with E-state index in [-0.39, 0.29) is 22.5 Å². The third-order valence-corrected chi connectivity index (χ3v) is 2.04. The first-order chi connectivity index (χ1) is 8.16. The third kappa shape index (κ3) is 2.67. The second-order valence-electron chi connectivity index (χ2n) is 3.01. The highest BCUT2D eigenvalue weighted by Crippen LogP contribution is 2.29. The lowest BCUT2D eigenvalue weighted by Gasteiger charge is -2.04. The van der Waals surface area contributed by atoms with Crippen LogP contribution in [0.4, 0.5) is 5.69 Å². The van der Waals surface area contributed by atoms with Crippen LogP contribution in [0.2, 0.25) is 5.15 Å². The van der Waals surface area contributed by atoms with Gasteiger partial charge in [0, 0.05) is 6.07 Å². The minimum Gasteiger partial charge on any atom is -0.430 e. The molecule has 0 unspecified atom stereocenters. The van der Waals surface area contributed by atoms with Crippen molar-refractivity contribution in [2.24, 2.45) is 0 Å². The molecule has 17 heavy (non-hydrogen) atoms. The maximum Gasteiger partial charge on any atom is 0.311 e. The number of hydrogen-bond acceptors (Lipinski definition) is 5. The Bertz CT molecular complexity index is 562. The van der Waals surface area contributed by atoms with E-state index in [9.17, 15) is 10.1 Å². The van der Waals surface area contributed by atoms with Gasteiger partial charge in [0.25, 0.3) is 0 Å². The molecule has 86 valence electrons. The van der Waals surface area contributed by atoms with E-state index in [1.54, 1.807) is 12.1 Å². The minimum atomic E-state index is -0.534. The molecule has 2 rings (SSSR count). The third-order valence-electron chi connectivity index (χ3n) is 1.86. The van der Waals surface area contributed by atoms with Crippen molar-refractivity contribution in [3.63, 3.8) is 0 Å². The van der Waals surface area contributed by atoms with Crippen LogP contribution in [0.1, 0.15) is 0 Å². The summed E-state index contributed by atoms with van der Waals surface area (Å²) < 4.78 is 5.25. The first-order valence-corrected chi connectivity index (χ1v) is 4.93. The molecule has 0 amide bonds. The summed E-state index contributed by atoms with van der Waals surface area (Å²) in [6.45, 7) is 0. The molecule has 0 saturated heterocycles. The smallest absolute Gasteiger partial charge is 0.311 e. The van der Waals surface area contributed by atoms with Crippen LogP contribution < -0.4 is 4.74 Å². The zero-order valence-electron chi connectivity index (χ0n) is 8.41. The summed E-state index contributed by atoms with van der Waals surface area (Å²) in [5.41, 5.74) is -0.144. The van der Waals surface area contributed by atoms with Gasteiger partial charge in [-0.3, -0.25) is 15.1 Å².